The highest BCUT2D eigenvalue weighted by atomic mass is 16.5. The quantitative estimate of drug-likeness (QED) is 0.378. The number of carbonyl (C=O) groups is 1. The predicted molar refractivity (Wildman–Crippen MR) is 106 cm³/mol. The van der Waals surface area contributed by atoms with Crippen LogP contribution in [0.15, 0.2) is 34.1 Å². The van der Waals surface area contributed by atoms with Crippen LogP contribution in [0, 0.1) is 6.92 Å². The molecule has 5 heterocycles. The largest absolute Gasteiger partial charge is 0.358 e. The maximum absolute atomic E-state index is 12.7. The second-order valence-corrected chi connectivity index (χ2v) is 6.71. The summed E-state index contributed by atoms with van der Waals surface area (Å²) in [6.45, 7) is 3.51. The Morgan fingerprint density at radius 1 is 1.10 bits per heavy atom. The van der Waals surface area contributed by atoms with Gasteiger partial charge in [0.05, 0.1) is 18.4 Å². The van der Waals surface area contributed by atoms with Crippen molar-refractivity contribution in [3.63, 3.8) is 0 Å². The number of aryl methyl sites for hydroxylation is 1. The van der Waals surface area contributed by atoms with E-state index in [1.807, 2.05) is 0 Å². The van der Waals surface area contributed by atoms with Crippen LogP contribution in [0.3, 0.4) is 0 Å². The smallest absolute Gasteiger partial charge is 0.272 e. The molecule has 5 aromatic rings. The Morgan fingerprint density at radius 3 is 2.84 bits per heavy atom. The van der Waals surface area contributed by atoms with E-state index in [1.165, 1.54) is 6.33 Å². The lowest BCUT2D eigenvalue weighted by Gasteiger charge is -2.10. The highest BCUT2D eigenvalue weighted by molar-refractivity contribution is 6.01. The summed E-state index contributed by atoms with van der Waals surface area (Å²) in [6.07, 6.45) is 3.86. The van der Waals surface area contributed by atoms with Crippen molar-refractivity contribution >= 4 is 28.2 Å². The first-order valence-electron chi connectivity index (χ1n) is 9.15. The lowest BCUT2D eigenvalue weighted by Crippen LogP contribution is -2.28. The number of carbonyl (C=O) groups excluding carboxylic acids is 1. The third-order valence-corrected chi connectivity index (χ3v) is 4.49. The molecule has 5 rings (SSSR count). The van der Waals surface area contributed by atoms with E-state index in [1.54, 1.807) is 26.1 Å². The number of fused-ring (bicyclic) bond motifs is 2. The van der Waals surface area contributed by atoms with Gasteiger partial charge in [-0.2, -0.15) is 0 Å². The van der Waals surface area contributed by atoms with Gasteiger partial charge < -0.3 is 19.8 Å². The summed E-state index contributed by atoms with van der Waals surface area (Å²) in [5.74, 6) is 0.992. The molecule has 13 nitrogen and oxygen atoms in total. The van der Waals surface area contributed by atoms with E-state index < -0.39 is 17.5 Å². The van der Waals surface area contributed by atoms with E-state index in [2.05, 4.69) is 50.3 Å². The Morgan fingerprint density at radius 2 is 1.97 bits per heavy atom. The van der Waals surface area contributed by atoms with Gasteiger partial charge in [0.1, 0.15) is 28.9 Å². The summed E-state index contributed by atoms with van der Waals surface area (Å²) in [4.78, 5) is 54.4. The van der Waals surface area contributed by atoms with Gasteiger partial charge in [0.2, 0.25) is 0 Å². The average Bonchev–Trinajstić information content (AvgIpc) is 3.39. The van der Waals surface area contributed by atoms with Crippen LogP contribution in [0.2, 0.25) is 0 Å². The Hall–Kier alpha value is -4.55. The van der Waals surface area contributed by atoms with E-state index in [-0.39, 0.29) is 16.9 Å². The van der Waals surface area contributed by atoms with Crippen molar-refractivity contribution in [2.75, 3.05) is 0 Å². The van der Waals surface area contributed by atoms with Gasteiger partial charge in [-0.1, -0.05) is 5.16 Å². The van der Waals surface area contributed by atoms with Crippen molar-refractivity contribution in [3.05, 3.63) is 52.4 Å². The molecule has 0 aromatic carbocycles. The second kappa shape index (κ2) is 7.05. The zero-order valence-corrected chi connectivity index (χ0v) is 16.2. The lowest BCUT2D eigenvalue weighted by molar-refractivity contribution is 0.0930. The zero-order valence-electron chi connectivity index (χ0n) is 16.2. The van der Waals surface area contributed by atoms with Gasteiger partial charge in [-0.15, -0.1) is 0 Å². The molecule has 0 aliphatic rings. The van der Waals surface area contributed by atoms with Gasteiger partial charge in [0, 0.05) is 6.07 Å². The molecule has 0 unspecified atom stereocenters. The molecule has 0 saturated carbocycles. The van der Waals surface area contributed by atoms with E-state index >= 15 is 0 Å². The first-order valence-corrected chi connectivity index (χ1v) is 9.15. The number of rotatable bonds is 4. The Bertz CT molecular complexity index is 1500. The van der Waals surface area contributed by atoms with Crippen LogP contribution in [0.25, 0.3) is 33.8 Å². The van der Waals surface area contributed by atoms with Crippen LogP contribution < -0.4 is 10.9 Å². The number of imidazole rings is 1. The summed E-state index contributed by atoms with van der Waals surface area (Å²) >= 11 is 0. The van der Waals surface area contributed by atoms with Crippen molar-refractivity contribution in [3.8, 4) is 11.5 Å². The predicted octanol–water partition coefficient (Wildman–Crippen LogP) is 0.834. The fraction of sp³-hybridized carbons (Fsp3) is 0.167. The van der Waals surface area contributed by atoms with Gasteiger partial charge in [-0.25, -0.2) is 29.9 Å². The summed E-state index contributed by atoms with van der Waals surface area (Å²) < 4.78 is 5.38. The topological polar surface area (TPSA) is 181 Å². The van der Waals surface area contributed by atoms with Gasteiger partial charge in [-0.05, 0) is 13.8 Å². The number of hydrogen-bond donors (Lipinski definition) is 3. The fourth-order valence-corrected chi connectivity index (χ4v) is 2.99. The van der Waals surface area contributed by atoms with Gasteiger partial charge in [-0.3, -0.25) is 9.59 Å². The molecular formula is C18H14N10O3. The first-order chi connectivity index (χ1) is 15.0. The molecule has 5 aromatic heterocycles. The third-order valence-electron chi connectivity index (χ3n) is 4.49. The van der Waals surface area contributed by atoms with Crippen LogP contribution in [-0.4, -0.2) is 50.9 Å². The lowest BCUT2D eigenvalue weighted by atomic mass is 10.2. The molecule has 0 fully saturated rings. The van der Waals surface area contributed by atoms with Crippen LogP contribution >= 0.6 is 0 Å². The second-order valence-electron chi connectivity index (χ2n) is 6.71. The summed E-state index contributed by atoms with van der Waals surface area (Å²) in [6, 6.07) is 1.13. The normalized spacial score (nSPS) is 12.3. The maximum Gasteiger partial charge on any atom is 0.272 e. The molecule has 0 aliphatic carbocycles. The molecular weight excluding hydrogens is 404 g/mol. The van der Waals surface area contributed by atoms with Gasteiger partial charge in [0.25, 0.3) is 11.5 Å². The molecule has 154 valence electrons. The average molecular weight is 418 g/mol. The molecule has 1 atom stereocenters. The van der Waals surface area contributed by atoms with Gasteiger partial charge >= 0.3 is 0 Å². The van der Waals surface area contributed by atoms with Crippen molar-refractivity contribution in [2.45, 2.75) is 19.9 Å². The molecule has 3 N–H and O–H groups in total. The number of amides is 1. The SMILES string of the molecule is Cc1ncc2nc(-c3cc([C@@H](C)NC(=O)c4ncnc5[nH]c(=O)cnc45)on3)[nH]c2n1. The Balaban J connectivity index is 1.39. The zero-order chi connectivity index (χ0) is 21.5. The van der Waals surface area contributed by atoms with Crippen molar-refractivity contribution in [1.82, 2.24) is 50.3 Å². The molecule has 0 spiro atoms. The number of nitrogens with one attached hydrogen (secondary N) is 3. The maximum atomic E-state index is 12.7. The minimum atomic E-state index is -0.534. The van der Waals surface area contributed by atoms with E-state index in [0.717, 1.165) is 6.20 Å². The van der Waals surface area contributed by atoms with Crippen LogP contribution in [0.4, 0.5) is 0 Å². The summed E-state index contributed by atoms with van der Waals surface area (Å²) in [5, 5.41) is 6.79. The van der Waals surface area contributed by atoms with E-state index in [0.29, 0.717) is 34.3 Å². The number of H-pyrrole nitrogens is 2. The monoisotopic (exact) mass is 418 g/mol. The van der Waals surface area contributed by atoms with Crippen molar-refractivity contribution in [1.29, 1.82) is 0 Å². The van der Waals surface area contributed by atoms with Crippen molar-refractivity contribution < 1.29 is 9.32 Å². The third kappa shape index (κ3) is 3.37. The summed E-state index contributed by atoms with van der Waals surface area (Å²) in [5.41, 5.74) is 1.61. The van der Waals surface area contributed by atoms with Crippen LogP contribution in [0.1, 0.15) is 35.0 Å². The molecule has 31 heavy (non-hydrogen) atoms. The van der Waals surface area contributed by atoms with E-state index in [4.69, 9.17) is 4.52 Å². The molecule has 0 aliphatic heterocycles. The highest BCUT2D eigenvalue weighted by Crippen LogP contribution is 2.22. The summed E-state index contributed by atoms with van der Waals surface area (Å²) in [7, 11) is 0. The number of hydrogen-bond acceptors (Lipinski definition) is 10. The van der Waals surface area contributed by atoms with E-state index in [9.17, 15) is 9.59 Å². The van der Waals surface area contributed by atoms with Crippen LogP contribution in [0.5, 0.6) is 0 Å². The molecule has 0 saturated heterocycles. The molecule has 0 bridgehead atoms. The number of aromatic amines is 2. The standard InChI is InChI=1S/C18H14N10O3/c1-7(23-18(30)14-13-17(22-6-21-14)26-12(29)5-20-13)11-3-9(28-31-11)15-25-10-4-19-8(2)24-16(10)27-15/h3-7H,1-2H3,(H,23,30)(H,19,24,25,27)(H,21,22,26,29)/t7-/m1/s1. The Labute approximate surface area is 172 Å². The molecule has 0 radical (unpaired) electrons. The fourth-order valence-electron chi connectivity index (χ4n) is 2.99. The van der Waals surface area contributed by atoms with Gasteiger partial charge in [0.15, 0.2) is 28.6 Å². The minimum absolute atomic E-state index is 0.0269. The van der Waals surface area contributed by atoms with Crippen LogP contribution in [-0.2, 0) is 0 Å². The number of aromatic nitrogens is 9. The first kappa shape index (κ1) is 18.5. The number of nitrogens with zero attached hydrogens (tertiary/aromatic N) is 7. The highest BCUT2D eigenvalue weighted by Gasteiger charge is 2.21. The van der Waals surface area contributed by atoms with Crippen molar-refractivity contribution in [2.24, 2.45) is 0 Å². The minimum Gasteiger partial charge on any atom is -0.358 e. The molecule has 13 heteroatoms. The Kier molecular flexibility index (Phi) is 4.20. The molecule has 1 amide bonds.